The second-order valence-electron chi connectivity index (χ2n) is 3.86. The second kappa shape index (κ2) is 5.56. The smallest absolute Gasteiger partial charge is 0.0705 e. The van der Waals surface area contributed by atoms with E-state index in [1.54, 1.807) is 0 Å². The summed E-state index contributed by atoms with van der Waals surface area (Å²) in [6.07, 6.45) is 0. The topological polar surface area (TPSA) is 21.3 Å². The van der Waals surface area contributed by atoms with E-state index in [1.165, 1.54) is 0 Å². The molecular formula is C9H21NO. The van der Waals surface area contributed by atoms with Gasteiger partial charge in [-0.2, -0.15) is 5.48 Å². The predicted octanol–water partition coefficient (Wildman–Crippen LogP) is 2.21. The van der Waals surface area contributed by atoms with Crippen LogP contribution >= 0.6 is 0 Å². The van der Waals surface area contributed by atoms with Gasteiger partial charge in [-0.3, -0.25) is 0 Å². The highest BCUT2D eigenvalue weighted by Gasteiger charge is 2.05. The van der Waals surface area contributed by atoms with Crippen LogP contribution in [0.15, 0.2) is 0 Å². The van der Waals surface area contributed by atoms with E-state index in [9.17, 15) is 0 Å². The maximum absolute atomic E-state index is 5.27. The first-order chi connectivity index (χ1) is 5.04. The molecule has 0 radical (unpaired) electrons. The molecule has 0 aromatic rings. The second-order valence-corrected chi connectivity index (χ2v) is 3.86. The molecule has 0 aliphatic carbocycles. The van der Waals surface area contributed by atoms with Crippen LogP contribution < -0.4 is 5.48 Å². The molecule has 0 fully saturated rings. The minimum Gasteiger partial charge on any atom is -0.301 e. The van der Waals surface area contributed by atoms with E-state index in [4.69, 9.17) is 4.84 Å². The van der Waals surface area contributed by atoms with E-state index in [0.717, 1.165) is 6.61 Å². The zero-order valence-electron chi connectivity index (χ0n) is 8.35. The van der Waals surface area contributed by atoms with Crippen molar-refractivity contribution in [1.29, 1.82) is 0 Å². The third kappa shape index (κ3) is 6.32. The fraction of sp³-hybridized carbons (Fsp3) is 1.00. The standard InChI is InChI=1S/C9H21NO/c1-7(2)6-11-10-9(5)8(3)4/h7-10H,6H2,1-5H3. The van der Waals surface area contributed by atoms with Crippen molar-refractivity contribution < 1.29 is 4.84 Å². The number of hydrogen-bond donors (Lipinski definition) is 1. The molecule has 1 unspecified atom stereocenters. The first-order valence-corrected chi connectivity index (χ1v) is 4.41. The Kier molecular flexibility index (Phi) is 5.51. The Hall–Kier alpha value is -0.0800. The summed E-state index contributed by atoms with van der Waals surface area (Å²) in [5.41, 5.74) is 3.01. The zero-order valence-corrected chi connectivity index (χ0v) is 8.35. The Morgan fingerprint density at radius 1 is 1.09 bits per heavy atom. The minimum absolute atomic E-state index is 0.439. The van der Waals surface area contributed by atoms with E-state index >= 15 is 0 Å². The van der Waals surface area contributed by atoms with E-state index in [0.29, 0.717) is 17.9 Å². The molecule has 0 aliphatic rings. The van der Waals surface area contributed by atoms with Crippen molar-refractivity contribution in [3.8, 4) is 0 Å². The van der Waals surface area contributed by atoms with Crippen LogP contribution in [0.4, 0.5) is 0 Å². The molecule has 0 saturated heterocycles. The number of rotatable bonds is 5. The average Bonchev–Trinajstić information content (AvgIpc) is 1.86. The molecule has 1 atom stereocenters. The summed E-state index contributed by atoms with van der Waals surface area (Å²) in [4.78, 5) is 5.27. The SMILES string of the molecule is CC(C)CONC(C)C(C)C. The van der Waals surface area contributed by atoms with Crippen molar-refractivity contribution in [3.63, 3.8) is 0 Å². The van der Waals surface area contributed by atoms with E-state index in [-0.39, 0.29) is 0 Å². The normalized spacial score (nSPS) is 14.5. The van der Waals surface area contributed by atoms with Crippen LogP contribution in [0.25, 0.3) is 0 Å². The lowest BCUT2D eigenvalue weighted by Gasteiger charge is -2.17. The summed E-state index contributed by atoms with van der Waals surface area (Å²) < 4.78 is 0. The molecule has 0 aliphatic heterocycles. The van der Waals surface area contributed by atoms with E-state index < -0.39 is 0 Å². The number of hydroxylamine groups is 1. The van der Waals surface area contributed by atoms with Gasteiger partial charge in [-0.05, 0) is 18.8 Å². The Labute approximate surface area is 70.3 Å². The highest BCUT2D eigenvalue weighted by atomic mass is 16.6. The van der Waals surface area contributed by atoms with Crippen molar-refractivity contribution in [3.05, 3.63) is 0 Å². The molecule has 0 heterocycles. The molecule has 0 bridgehead atoms. The lowest BCUT2D eigenvalue weighted by molar-refractivity contribution is -0.00464. The molecule has 0 saturated carbocycles. The Morgan fingerprint density at radius 3 is 2.00 bits per heavy atom. The van der Waals surface area contributed by atoms with Gasteiger partial charge < -0.3 is 4.84 Å². The molecule has 1 N–H and O–H groups in total. The summed E-state index contributed by atoms with van der Waals surface area (Å²) in [5.74, 6) is 1.23. The van der Waals surface area contributed by atoms with Crippen molar-refractivity contribution in [2.45, 2.75) is 40.7 Å². The van der Waals surface area contributed by atoms with Gasteiger partial charge in [0.15, 0.2) is 0 Å². The van der Waals surface area contributed by atoms with Gasteiger partial charge in [0.25, 0.3) is 0 Å². The molecule has 11 heavy (non-hydrogen) atoms. The maximum atomic E-state index is 5.27. The summed E-state index contributed by atoms with van der Waals surface area (Å²) in [5, 5.41) is 0. The van der Waals surface area contributed by atoms with Crippen LogP contribution in [0.3, 0.4) is 0 Å². The van der Waals surface area contributed by atoms with E-state index in [1.807, 2.05) is 0 Å². The first-order valence-electron chi connectivity index (χ1n) is 4.41. The summed E-state index contributed by atoms with van der Waals surface area (Å²) in [6, 6.07) is 0.439. The average molecular weight is 159 g/mol. The summed E-state index contributed by atoms with van der Waals surface area (Å²) in [6.45, 7) is 11.6. The van der Waals surface area contributed by atoms with Crippen LogP contribution in [-0.4, -0.2) is 12.6 Å². The van der Waals surface area contributed by atoms with Crippen LogP contribution in [0, 0.1) is 11.8 Å². The molecule has 2 nitrogen and oxygen atoms in total. The number of hydrogen-bond acceptors (Lipinski definition) is 2. The van der Waals surface area contributed by atoms with Crippen LogP contribution in [0.1, 0.15) is 34.6 Å². The van der Waals surface area contributed by atoms with E-state index in [2.05, 4.69) is 40.1 Å². The zero-order chi connectivity index (χ0) is 8.85. The molecule has 0 amide bonds. The van der Waals surface area contributed by atoms with Crippen LogP contribution in [-0.2, 0) is 4.84 Å². The molecule has 2 heteroatoms. The predicted molar refractivity (Wildman–Crippen MR) is 48.2 cm³/mol. The third-order valence-corrected chi connectivity index (χ3v) is 1.69. The Bertz CT molecular complexity index is 91.6. The van der Waals surface area contributed by atoms with Crippen molar-refractivity contribution in [2.75, 3.05) is 6.61 Å². The Balaban J connectivity index is 3.24. The third-order valence-electron chi connectivity index (χ3n) is 1.69. The summed E-state index contributed by atoms with van der Waals surface area (Å²) in [7, 11) is 0. The molecule has 0 rings (SSSR count). The molecule has 0 aromatic heterocycles. The molecule has 0 aromatic carbocycles. The summed E-state index contributed by atoms with van der Waals surface area (Å²) >= 11 is 0. The largest absolute Gasteiger partial charge is 0.301 e. The first kappa shape index (κ1) is 10.9. The lowest BCUT2D eigenvalue weighted by Crippen LogP contribution is -2.31. The quantitative estimate of drug-likeness (QED) is 0.621. The van der Waals surface area contributed by atoms with Gasteiger partial charge in [0, 0.05) is 6.04 Å². The Morgan fingerprint density at radius 2 is 1.64 bits per heavy atom. The van der Waals surface area contributed by atoms with Crippen LogP contribution in [0.2, 0.25) is 0 Å². The van der Waals surface area contributed by atoms with Gasteiger partial charge in [0.1, 0.15) is 0 Å². The van der Waals surface area contributed by atoms with Gasteiger partial charge in [-0.15, -0.1) is 0 Å². The van der Waals surface area contributed by atoms with Crippen molar-refractivity contribution in [2.24, 2.45) is 11.8 Å². The maximum Gasteiger partial charge on any atom is 0.0705 e. The fourth-order valence-electron chi connectivity index (χ4n) is 0.482. The lowest BCUT2D eigenvalue weighted by atomic mass is 10.1. The highest BCUT2D eigenvalue weighted by Crippen LogP contribution is 2.00. The van der Waals surface area contributed by atoms with Crippen LogP contribution in [0.5, 0.6) is 0 Å². The van der Waals surface area contributed by atoms with Crippen molar-refractivity contribution >= 4 is 0 Å². The van der Waals surface area contributed by atoms with Gasteiger partial charge in [0.2, 0.25) is 0 Å². The van der Waals surface area contributed by atoms with Gasteiger partial charge in [-0.25, -0.2) is 0 Å². The van der Waals surface area contributed by atoms with Gasteiger partial charge in [0.05, 0.1) is 6.61 Å². The van der Waals surface area contributed by atoms with Gasteiger partial charge in [-0.1, -0.05) is 27.7 Å². The molecular weight excluding hydrogens is 138 g/mol. The highest BCUT2D eigenvalue weighted by molar-refractivity contribution is 4.58. The van der Waals surface area contributed by atoms with Gasteiger partial charge >= 0.3 is 0 Å². The van der Waals surface area contributed by atoms with Crippen molar-refractivity contribution in [1.82, 2.24) is 5.48 Å². The number of nitrogens with one attached hydrogen (secondary N) is 1. The fourth-order valence-corrected chi connectivity index (χ4v) is 0.482. The minimum atomic E-state index is 0.439. The molecule has 68 valence electrons. The molecule has 0 spiro atoms. The monoisotopic (exact) mass is 159 g/mol.